The average molecular weight is 427 g/mol. The number of ether oxygens (including phenoxy) is 1. The zero-order chi connectivity index (χ0) is 21.3. The van der Waals surface area contributed by atoms with Crippen LogP contribution in [0.25, 0.3) is 5.69 Å². The maximum absolute atomic E-state index is 12.7. The van der Waals surface area contributed by atoms with Crippen LogP contribution in [-0.4, -0.2) is 56.1 Å². The van der Waals surface area contributed by atoms with Crippen molar-refractivity contribution in [2.24, 2.45) is 0 Å². The molecule has 9 heteroatoms. The third-order valence-corrected chi connectivity index (χ3v) is 5.85. The molecule has 0 saturated carbocycles. The Morgan fingerprint density at radius 1 is 1.20 bits per heavy atom. The minimum absolute atomic E-state index is 0.214. The molecule has 2 aromatic heterocycles. The summed E-state index contributed by atoms with van der Waals surface area (Å²) in [5, 5.41) is 13.6. The second-order valence-corrected chi connectivity index (χ2v) is 8.68. The van der Waals surface area contributed by atoms with Gasteiger partial charge in [-0.05, 0) is 39.8 Å². The minimum atomic E-state index is -0.305. The summed E-state index contributed by atoms with van der Waals surface area (Å²) in [6.07, 6.45) is 0.427. The van der Waals surface area contributed by atoms with E-state index >= 15 is 0 Å². The van der Waals surface area contributed by atoms with E-state index in [1.807, 2.05) is 43.5 Å². The predicted octanol–water partition coefficient (Wildman–Crippen LogP) is 3.20. The van der Waals surface area contributed by atoms with E-state index in [1.54, 1.807) is 4.68 Å². The number of hydrogen-bond acceptors (Lipinski definition) is 7. The molecule has 3 aromatic rings. The largest absolute Gasteiger partial charge is 0.373 e. The van der Waals surface area contributed by atoms with E-state index in [0.717, 1.165) is 36.6 Å². The molecule has 30 heavy (non-hydrogen) atoms. The zero-order valence-corrected chi connectivity index (χ0v) is 18.4. The fraction of sp³-hybridized carbons (Fsp3) is 0.429. The Bertz CT molecular complexity index is 1020. The number of carbonyl (C=O) groups is 1. The second-order valence-electron chi connectivity index (χ2n) is 7.82. The number of carbonyl (C=O) groups excluding carboxylic acids is 1. The zero-order valence-electron chi connectivity index (χ0n) is 17.6. The molecular formula is C21H26N6O2S. The van der Waals surface area contributed by atoms with Crippen molar-refractivity contribution in [1.82, 2.24) is 24.9 Å². The van der Waals surface area contributed by atoms with Crippen LogP contribution in [0.5, 0.6) is 0 Å². The van der Waals surface area contributed by atoms with Gasteiger partial charge < -0.3 is 4.74 Å². The first-order valence-corrected chi connectivity index (χ1v) is 10.9. The van der Waals surface area contributed by atoms with E-state index < -0.39 is 0 Å². The third kappa shape index (κ3) is 4.58. The molecule has 0 aliphatic carbocycles. The summed E-state index contributed by atoms with van der Waals surface area (Å²) >= 11 is 1.42. The summed E-state index contributed by atoms with van der Waals surface area (Å²) in [5.41, 5.74) is 3.95. The Morgan fingerprint density at radius 2 is 1.90 bits per heavy atom. The predicted molar refractivity (Wildman–Crippen MR) is 116 cm³/mol. The number of nitrogens with zero attached hydrogens (tertiary/aromatic N) is 5. The van der Waals surface area contributed by atoms with Gasteiger partial charge in [0.25, 0.3) is 5.91 Å². The molecule has 0 bridgehead atoms. The Morgan fingerprint density at radius 3 is 2.60 bits per heavy atom. The first-order valence-electron chi connectivity index (χ1n) is 10.0. The van der Waals surface area contributed by atoms with Crippen LogP contribution in [-0.2, 0) is 11.3 Å². The molecule has 0 spiro atoms. The van der Waals surface area contributed by atoms with Gasteiger partial charge in [-0.1, -0.05) is 22.9 Å². The lowest BCUT2D eigenvalue weighted by Crippen LogP contribution is -2.44. The highest BCUT2D eigenvalue weighted by Gasteiger charge is 2.23. The summed E-state index contributed by atoms with van der Waals surface area (Å²) in [5.74, 6) is -0.305. The number of benzene rings is 1. The van der Waals surface area contributed by atoms with Crippen LogP contribution in [0.3, 0.4) is 0 Å². The molecule has 1 aliphatic heterocycles. The highest BCUT2D eigenvalue weighted by molar-refractivity contribution is 7.13. The van der Waals surface area contributed by atoms with Crippen molar-refractivity contribution in [3.05, 3.63) is 52.3 Å². The van der Waals surface area contributed by atoms with E-state index in [-0.39, 0.29) is 18.1 Å². The smallest absolute Gasteiger partial charge is 0.279 e. The molecule has 2 unspecified atom stereocenters. The molecular weight excluding hydrogens is 400 g/mol. The summed E-state index contributed by atoms with van der Waals surface area (Å²) in [7, 11) is 0. The van der Waals surface area contributed by atoms with Crippen molar-refractivity contribution in [3.63, 3.8) is 0 Å². The number of hydrogen-bond donors (Lipinski definition) is 1. The van der Waals surface area contributed by atoms with Gasteiger partial charge in [0.2, 0.25) is 0 Å². The quantitative estimate of drug-likeness (QED) is 0.674. The number of thiazole rings is 1. The number of aromatic nitrogens is 4. The van der Waals surface area contributed by atoms with Gasteiger partial charge in [0.05, 0.1) is 29.3 Å². The lowest BCUT2D eigenvalue weighted by Gasteiger charge is -2.34. The van der Waals surface area contributed by atoms with Crippen molar-refractivity contribution in [1.29, 1.82) is 0 Å². The molecule has 158 valence electrons. The standard InChI is InChI=1S/C21H26N6O2S/c1-13-5-7-18(8-6-13)27-16(4)19(24-25-27)20(28)23-21-22-17(12-30-21)11-26-9-14(2)29-15(3)10-26/h5-8,12,14-15H,9-11H2,1-4H3,(H,22,23,28). The Labute approximate surface area is 179 Å². The van der Waals surface area contributed by atoms with Crippen molar-refractivity contribution in [2.45, 2.75) is 46.4 Å². The number of anilines is 1. The SMILES string of the molecule is Cc1ccc(-n2nnc(C(=O)Nc3nc(CN4CC(C)OC(C)C4)cs3)c2C)cc1. The van der Waals surface area contributed by atoms with Crippen LogP contribution in [0, 0.1) is 13.8 Å². The van der Waals surface area contributed by atoms with E-state index in [0.29, 0.717) is 16.5 Å². The fourth-order valence-corrected chi connectivity index (χ4v) is 4.40. The van der Waals surface area contributed by atoms with Crippen LogP contribution < -0.4 is 5.32 Å². The first kappa shape index (κ1) is 20.6. The number of aryl methyl sites for hydroxylation is 1. The lowest BCUT2D eigenvalue weighted by atomic mass is 10.2. The number of amides is 1. The molecule has 1 amide bonds. The number of nitrogens with one attached hydrogen (secondary N) is 1. The second kappa shape index (κ2) is 8.63. The van der Waals surface area contributed by atoms with Crippen LogP contribution >= 0.6 is 11.3 Å². The van der Waals surface area contributed by atoms with E-state index in [2.05, 4.69) is 39.4 Å². The van der Waals surface area contributed by atoms with Crippen molar-refractivity contribution >= 4 is 22.4 Å². The summed E-state index contributed by atoms with van der Waals surface area (Å²) < 4.78 is 7.45. The maximum Gasteiger partial charge on any atom is 0.279 e. The molecule has 8 nitrogen and oxygen atoms in total. The van der Waals surface area contributed by atoms with Gasteiger partial charge in [0.1, 0.15) is 0 Å². The van der Waals surface area contributed by atoms with Gasteiger partial charge in [0, 0.05) is 25.0 Å². The summed E-state index contributed by atoms with van der Waals surface area (Å²) in [6, 6.07) is 7.92. The van der Waals surface area contributed by atoms with E-state index in [9.17, 15) is 4.79 Å². The minimum Gasteiger partial charge on any atom is -0.373 e. The molecule has 4 rings (SSSR count). The van der Waals surface area contributed by atoms with Crippen molar-refractivity contribution in [2.75, 3.05) is 18.4 Å². The van der Waals surface area contributed by atoms with Gasteiger partial charge in [-0.2, -0.15) is 0 Å². The molecule has 1 aromatic carbocycles. The topological polar surface area (TPSA) is 85.2 Å². The van der Waals surface area contributed by atoms with Gasteiger partial charge in [0.15, 0.2) is 10.8 Å². The molecule has 0 radical (unpaired) electrons. The molecule has 1 saturated heterocycles. The molecule has 1 fully saturated rings. The summed E-state index contributed by atoms with van der Waals surface area (Å²) in [6.45, 7) is 10.5. The Balaban J connectivity index is 1.42. The normalized spacial score (nSPS) is 19.7. The monoisotopic (exact) mass is 426 g/mol. The van der Waals surface area contributed by atoms with E-state index in [1.165, 1.54) is 11.3 Å². The Hall–Kier alpha value is -2.62. The van der Waals surface area contributed by atoms with Gasteiger partial charge in [-0.3, -0.25) is 15.0 Å². The van der Waals surface area contributed by atoms with Gasteiger partial charge >= 0.3 is 0 Å². The van der Waals surface area contributed by atoms with Crippen molar-refractivity contribution < 1.29 is 9.53 Å². The van der Waals surface area contributed by atoms with Crippen LogP contribution in [0.1, 0.15) is 41.3 Å². The molecule has 2 atom stereocenters. The maximum atomic E-state index is 12.7. The highest BCUT2D eigenvalue weighted by Crippen LogP contribution is 2.20. The summed E-state index contributed by atoms with van der Waals surface area (Å²) in [4.78, 5) is 19.6. The van der Waals surface area contributed by atoms with Gasteiger partial charge in [-0.25, -0.2) is 9.67 Å². The third-order valence-electron chi connectivity index (χ3n) is 5.04. The van der Waals surface area contributed by atoms with E-state index in [4.69, 9.17) is 4.74 Å². The average Bonchev–Trinajstić information content (AvgIpc) is 3.28. The molecule has 1 aliphatic rings. The number of morpholine rings is 1. The number of rotatable bonds is 5. The first-order chi connectivity index (χ1) is 14.4. The fourth-order valence-electron chi connectivity index (χ4n) is 3.71. The highest BCUT2D eigenvalue weighted by atomic mass is 32.1. The lowest BCUT2D eigenvalue weighted by molar-refractivity contribution is -0.0707. The van der Waals surface area contributed by atoms with Gasteiger partial charge in [-0.15, -0.1) is 16.4 Å². The van der Waals surface area contributed by atoms with Crippen LogP contribution in [0.15, 0.2) is 29.6 Å². The molecule has 3 heterocycles. The van der Waals surface area contributed by atoms with Crippen LogP contribution in [0.4, 0.5) is 5.13 Å². The van der Waals surface area contributed by atoms with Crippen LogP contribution in [0.2, 0.25) is 0 Å². The van der Waals surface area contributed by atoms with Crippen molar-refractivity contribution in [3.8, 4) is 5.69 Å². The molecule has 1 N–H and O–H groups in total. The Kier molecular flexibility index (Phi) is 5.94.